The normalized spacial score (nSPS) is 10.4. The van der Waals surface area contributed by atoms with E-state index >= 15 is 0 Å². The lowest BCUT2D eigenvalue weighted by Gasteiger charge is -2.11. The molecule has 0 aliphatic carbocycles. The summed E-state index contributed by atoms with van der Waals surface area (Å²) in [5.74, 6) is 3.01. The Balaban J connectivity index is 2.32. The van der Waals surface area contributed by atoms with Crippen molar-refractivity contribution in [3.8, 4) is 11.6 Å². The smallest absolute Gasteiger partial charge is 0.224 e. The lowest BCUT2D eigenvalue weighted by Crippen LogP contribution is -2.02. The molecule has 0 amide bonds. The molecule has 4 nitrogen and oxygen atoms in total. The van der Waals surface area contributed by atoms with Crippen LogP contribution in [0.2, 0.25) is 0 Å². The first-order valence-electron chi connectivity index (χ1n) is 6.93. The zero-order chi connectivity index (χ0) is 14.5. The fraction of sp³-hybridized carbons (Fsp3) is 0.375. The van der Waals surface area contributed by atoms with E-state index in [0.717, 1.165) is 35.8 Å². The summed E-state index contributed by atoms with van der Waals surface area (Å²) in [5.41, 5.74) is 2.26. The molecule has 20 heavy (non-hydrogen) atoms. The molecule has 2 rings (SSSR count). The fourth-order valence-electron chi connectivity index (χ4n) is 1.92. The second kappa shape index (κ2) is 6.37. The predicted octanol–water partition coefficient (Wildman–Crippen LogP) is 3.88. The number of anilines is 1. The topological polar surface area (TPSA) is 47.0 Å². The SMILES string of the molecule is CCCc1nc(NC)cc(Oc2cc(C)ccc2C)n1. The third kappa shape index (κ3) is 3.47. The fourth-order valence-corrected chi connectivity index (χ4v) is 1.92. The van der Waals surface area contributed by atoms with Crippen molar-refractivity contribution < 1.29 is 4.74 Å². The van der Waals surface area contributed by atoms with Crippen LogP contribution in [0.25, 0.3) is 0 Å². The number of ether oxygens (including phenoxy) is 1. The van der Waals surface area contributed by atoms with Gasteiger partial charge in [0.2, 0.25) is 5.88 Å². The summed E-state index contributed by atoms with van der Waals surface area (Å²) in [5, 5.41) is 3.05. The van der Waals surface area contributed by atoms with Crippen LogP contribution in [0.3, 0.4) is 0 Å². The van der Waals surface area contributed by atoms with Crippen molar-refractivity contribution in [2.75, 3.05) is 12.4 Å². The first-order valence-corrected chi connectivity index (χ1v) is 6.93. The Morgan fingerprint density at radius 1 is 1.15 bits per heavy atom. The van der Waals surface area contributed by atoms with Crippen LogP contribution in [0.1, 0.15) is 30.3 Å². The molecule has 0 aliphatic heterocycles. The van der Waals surface area contributed by atoms with E-state index in [1.165, 1.54) is 5.56 Å². The molecule has 1 aromatic heterocycles. The molecule has 2 aromatic rings. The summed E-state index contributed by atoms with van der Waals surface area (Å²) in [6.07, 6.45) is 1.86. The van der Waals surface area contributed by atoms with Gasteiger partial charge in [0, 0.05) is 19.5 Å². The minimum absolute atomic E-state index is 0.585. The lowest BCUT2D eigenvalue weighted by atomic mass is 10.1. The highest BCUT2D eigenvalue weighted by atomic mass is 16.5. The van der Waals surface area contributed by atoms with Crippen molar-refractivity contribution >= 4 is 5.82 Å². The van der Waals surface area contributed by atoms with E-state index in [0.29, 0.717) is 5.88 Å². The highest BCUT2D eigenvalue weighted by molar-refractivity contribution is 5.42. The average molecular weight is 271 g/mol. The van der Waals surface area contributed by atoms with Crippen molar-refractivity contribution in [2.24, 2.45) is 0 Å². The summed E-state index contributed by atoms with van der Waals surface area (Å²) in [6.45, 7) is 6.19. The summed E-state index contributed by atoms with van der Waals surface area (Å²) in [7, 11) is 1.85. The van der Waals surface area contributed by atoms with Gasteiger partial charge in [-0.3, -0.25) is 0 Å². The number of benzene rings is 1. The Labute approximate surface area is 120 Å². The Bertz CT molecular complexity index is 596. The second-order valence-corrected chi connectivity index (χ2v) is 4.88. The van der Waals surface area contributed by atoms with E-state index in [2.05, 4.69) is 34.3 Å². The maximum Gasteiger partial charge on any atom is 0.224 e. The molecule has 0 radical (unpaired) electrons. The minimum Gasteiger partial charge on any atom is -0.439 e. The van der Waals surface area contributed by atoms with Gasteiger partial charge in [0.25, 0.3) is 0 Å². The first kappa shape index (κ1) is 14.3. The van der Waals surface area contributed by atoms with Crippen molar-refractivity contribution in [2.45, 2.75) is 33.6 Å². The summed E-state index contributed by atoms with van der Waals surface area (Å²) >= 11 is 0. The quantitative estimate of drug-likeness (QED) is 0.896. The zero-order valence-electron chi connectivity index (χ0n) is 12.5. The van der Waals surface area contributed by atoms with Crippen molar-refractivity contribution in [3.05, 3.63) is 41.2 Å². The van der Waals surface area contributed by atoms with Gasteiger partial charge in [0.15, 0.2) is 0 Å². The maximum atomic E-state index is 5.93. The van der Waals surface area contributed by atoms with E-state index in [9.17, 15) is 0 Å². The van der Waals surface area contributed by atoms with Crippen LogP contribution in [0.4, 0.5) is 5.82 Å². The van der Waals surface area contributed by atoms with Crippen LogP contribution in [0.15, 0.2) is 24.3 Å². The van der Waals surface area contributed by atoms with Crippen LogP contribution in [0.5, 0.6) is 11.6 Å². The third-order valence-corrected chi connectivity index (χ3v) is 3.04. The predicted molar refractivity (Wildman–Crippen MR) is 81.6 cm³/mol. The number of hydrogen-bond acceptors (Lipinski definition) is 4. The molecule has 106 valence electrons. The van der Waals surface area contributed by atoms with Crippen LogP contribution in [-0.2, 0) is 6.42 Å². The number of hydrogen-bond donors (Lipinski definition) is 1. The number of nitrogens with one attached hydrogen (secondary N) is 1. The van der Waals surface area contributed by atoms with E-state index in [4.69, 9.17) is 4.74 Å². The van der Waals surface area contributed by atoms with Gasteiger partial charge in [-0.1, -0.05) is 19.1 Å². The molecule has 0 fully saturated rings. The van der Waals surface area contributed by atoms with E-state index < -0.39 is 0 Å². The van der Waals surface area contributed by atoms with Gasteiger partial charge in [0.1, 0.15) is 17.4 Å². The number of aryl methyl sites for hydroxylation is 3. The number of rotatable bonds is 5. The largest absolute Gasteiger partial charge is 0.439 e. The number of aromatic nitrogens is 2. The van der Waals surface area contributed by atoms with Crippen molar-refractivity contribution in [3.63, 3.8) is 0 Å². The molecule has 0 unspecified atom stereocenters. The first-order chi connectivity index (χ1) is 9.62. The number of nitrogens with zero attached hydrogens (tertiary/aromatic N) is 2. The lowest BCUT2D eigenvalue weighted by molar-refractivity contribution is 0.455. The molecule has 0 saturated heterocycles. The minimum atomic E-state index is 0.585. The Morgan fingerprint density at radius 2 is 1.95 bits per heavy atom. The van der Waals surface area contributed by atoms with Gasteiger partial charge in [0.05, 0.1) is 0 Å². The van der Waals surface area contributed by atoms with Gasteiger partial charge in [-0.05, 0) is 37.5 Å². The molecule has 0 atom stereocenters. The highest BCUT2D eigenvalue weighted by Crippen LogP contribution is 2.26. The monoisotopic (exact) mass is 271 g/mol. The summed E-state index contributed by atoms with van der Waals surface area (Å²) < 4.78 is 5.93. The summed E-state index contributed by atoms with van der Waals surface area (Å²) in [6, 6.07) is 7.97. The van der Waals surface area contributed by atoms with E-state index in [-0.39, 0.29) is 0 Å². The summed E-state index contributed by atoms with van der Waals surface area (Å²) in [4.78, 5) is 8.88. The Kier molecular flexibility index (Phi) is 4.56. The molecule has 0 aliphatic rings. The molecule has 1 aromatic carbocycles. The van der Waals surface area contributed by atoms with Crippen LogP contribution in [0, 0.1) is 13.8 Å². The van der Waals surface area contributed by atoms with E-state index in [1.54, 1.807) is 0 Å². The standard InChI is InChI=1S/C16H21N3O/c1-5-6-14-18-15(17-4)10-16(19-14)20-13-9-11(2)7-8-12(13)3/h7-10H,5-6H2,1-4H3,(H,17,18,19). The van der Waals surface area contributed by atoms with Crippen molar-refractivity contribution in [1.82, 2.24) is 9.97 Å². The average Bonchev–Trinajstić information content (AvgIpc) is 2.43. The van der Waals surface area contributed by atoms with Gasteiger partial charge in [-0.15, -0.1) is 0 Å². The van der Waals surface area contributed by atoms with Gasteiger partial charge in [-0.25, -0.2) is 4.98 Å². The molecule has 1 N–H and O–H groups in total. The molecule has 4 heteroatoms. The Hall–Kier alpha value is -2.10. The zero-order valence-corrected chi connectivity index (χ0v) is 12.5. The van der Waals surface area contributed by atoms with Crippen LogP contribution < -0.4 is 10.1 Å². The molecule has 0 bridgehead atoms. The van der Waals surface area contributed by atoms with Crippen LogP contribution >= 0.6 is 0 Å². The van der Waals surface area contributed by atoms with Gasteiger partial charge >= 0.3 is 0 Å². The molecular weight excluding hydrogens is 250 g/mol. The molecule has 1 heterocycles. The van der Waals surface area contributed by atoms with Gasteiger partial charge in [-0.2, -0.15) is 4.98 Å². The molecule has 0 saturated carbocycles. The molecular formula is C16H21N3O. The Morgan fingerprint density at radius 3 is 2.65 bits per heavy atom. The maximum absolute atomic E-state index is 5.93. The third-order valence-electron chi connectivity index (χ3n) is 3.04. The van der Waals surface area contributed by atoms with Gasteiger partial charge < -0.3 is 10.1 Å². The van der Waals surface area contributed by atoms with Crippen LogP contribution in [-0.4, -0.2) is 17.0 Å². The van der Waals surface area contributed by atoms with E-state index in [1.807, 2.05) is 33.0 Å². The van der Waals surface area contributed by atoms with Crippen molar-refractivity contribution in [1.29, 1.82) is 0 Å². The molecule has 0 spiro atoms. The highest BCUT2D eigenvalue weighted by Gasteiger charge is 2.07. The second-order valence-electron chi connectivity index (χ2n) is 4.88.